The fourth-order valence-electron chi connectivity index (χ4n) is 2.01. The van der Waals surface area contributed by atoms with E-state index in [9.17, 15) is 4.79 Å². The highest BCUT2D eigenvalue weighted by atomic mass is 16.1. The number of hydrogen-bond donors (Lipinski definition) is 0. The summed E-state index contributed by atoms with van der Waals surface area (Å²) in [5.74, 6) is 0.147. The summed E-state index contributed by atoms with van der Waals surface area (Å²) in [6, 6.07) is 9.95. The maximum atomic E-state index is 12.2. The molecule has 19 heavy (non-hydrogen) atoms. The maximum Gasteiger partial charge on any atom is 0.185 e. The monoisotopic (exact) mass is 254 g/mol. The van der Waals surface area contributed by atoms with Gasteiger partial charge in [-0.2, -0.15) is 5.10 Å². The quantitative estimate of drug-likeness (QED) is 0.472. The molecule has 1 saturated carbocycles. The van der Waals surface area contributed by atoms with Crippen molar-refractivity contribution in [3.8, 4) is 0 Å². The van der Waals surface area contributed by atoms with Crippen molar-refractivity contribution in [3.63, 3.8) is 0 Å². The second-order valence-corrected chi connectivity index (χ2v) is 4.71. The average Bonchev–Trinajstić information content (AvgIpc) is 2.72. The average molecular weight is 254 g/mol. The molecule has 0 N–H and O–H groups in total. The molecule has 1 aromatic carbocycles. The van der Waals surface area contributed by atoms with Gasteiger partial charge in [0.05, 0.1) is 0 Å². The zero-order valence-electron chi connectivity index (χ0n) is 11.3. The molecule has 0 atom stereocenters. The molecular weight excluding hydrogens is 236 g/mol. The number of ketones is 1. The number of nitrogens with zero attached hydrogens (tertiary/aromatic N) is 2. The predicted molar refractivity (Wildman–Crippen MR) is 78.9 cm³/mol. The zero-order valence-corrected chi connectivity index (χ0v) is 11.3. The molecule has 0 heterocycles. The van der Waals surface area contributed by atoms with Crippen molar-refractivity contribution in [3.05, 3.63) is 53.1 Å². The van der Waals surface area contributed by atoms with Crippen molar-refractivity contribution >= 4 is 18.1 Å². The molecule has 0 saturated heterocycles. The van der Waals surface area contributed by atoms with Gasteiger partial charge < -0.3 is 5.01 Å². The molecule has 0 aromatic heterocycles. The first-order valence-corrected chi connectivity index (χ1v) is 6.37. The Morgan fingerprint density at radius 1 is 1.11 bits per heavy atom. The molecule has 1 aromatic rings. The van der Waals surface area contributed by atoms with Crippen LogP contribution >= 0.6 is 0 Å². The van der Waals surface area contributed by atoms with Crippen LogP contribution in [0.5, 0.6) is 0 Å². The van der Waals surface area contributed by atoms with Crippen LogP contribution in [0.3, 0.4) is 0 Å². The van der Waals surface area contributed by atoms with Gasteiger partial charge in [-0.3, -0.25) is 4.79 Å². The van der Waals surface area contributed by atoms with Gasteiger partial charge in [-0.15, -0.1) is 0 Å². The normalized spacial score (nSPS) is 19.8. The summed E-state index contributed by atoms with van der Waals surface area (Å²) >= 11 is 0. The van der Waals surface area contributed by atoms with Gasteiger partial charge in [0.25, 0.3) is 0 Å². The standard InChI is InChI=1S/C16H18N2O/c1-18(2)17-11-10-14-8-9-15(16(14)19)12-13-6-4-3-5-7-13/h3-7,10-12H,8-9H2,1-2H3/b14-10+,15-12+,17-11+. The molecule has 0 bridgehead atoms. The molecule has 1 fully saturated rings. The van der Waals surface area contributed by atoms with Crippen molar-refractivity contribution in [2.24, 2.45) is 5.10 Å². The maximum absolute atomic E-state index is 12.2. The van der Waals surface area contributed by atoms with Crippen molar-refractivity contribution in [1.29, 1.82) is 0 Å². The molecule has 0 amide bonds. The van der Waals surface area contributed by atoms with Crippen LogP contribution < -0.4 is 0 Å². The smallest absolute Gasteiger partial charge is 0.185 e. The van der Waals surface area contributed by atoms with E-state index in [4.69, 9.17) is 0 Å². The van der Waals surface area contributed by atoms with E-state index in [0.717, 1.165) is 29.6 Å². The van der Waals surface area contributed by atoms with Crippen LogP contribution in [-0.2, 0) is 4.79 Å². The van der Waals surface area contributed by atoms with Gasteiger partial charge in [0.1, 0.15) is 0 Å². The highest BCUT2D eigenvalue weighted by molar-refractivity contribution is 6.14. The number of hydrogen-bond acceptors (Lipinski definition) is 3. The minimum atomic E-state index is 0.147. The summed E-state index contributed by atoms with van der Waals surface area (Å²) in [5.41, 5.74) is 2.80. The Morgan fingerprint density at radius 2 is 1.79 bits per heavy atom. The van der Waals surface area contributed by atoms with Crippen molar-refractivity contribution in [2.75, 3.05) is 14.1 Å². The lowest BCUT2D eigenvalue weighted by atomic mass is 10.1. The number of carbonyl (C=O) groups excluding carboxylic acids is 1. The molecule has 0 unspecified atom stereocenters. The number of benzene rings is 1. The first-order valence-electron chi connectivity index (χ1n) is 6.37. The summed E-state index contributed by atoms with van der Waals surface area (Å²) < 4.78 is 0. The third-order valence-corrected chi connectivity index (χ3v) is 2.96. The van der Waals surface area contributed by atoms with Crippen LogP contribution in [0.4, 0.5) is 0 Å². The summed E-state index contributed by atoms with van der Waals surface area (Å²) in [7, 11) is 3.71. The number of hydrazone groups is 1. The number of rotatable bonds is 3. The molecule has 2 rings (SSSR count). The molecular formula is C16H18N2O. The van der Waals surface area contributed by atoms with Gasteiger partial charge in [0.2, 0.25) is 0 Å². The molecule has 98 valence electrons. The van der Waals surface area contributed by atoms with Crippen LogP contribution in [0, 0.1) is 0 Å². The van der Waals surface area contributed by atoms with Crippen molar-refractivity contribution in [2.45, 2.75) is 12.8 Å². The van der Waals surface area contributed by atoms with Crippen LogP contribution in [0.1, 0.15) is 18.4 Å². The topological polar surface area (TPSA) is 32.7 Å². The molecule has 1 aliphatic rings. The van der Waals surface area contributed by atoms with Crippen molar-refractivity contribution in [1.82, 2.24) is 5.01 Å². The lowest BCUT2D eigenvalue weighted by Crippen LogP contribution is -2.01. The molecule has 0 spiro atoms. The summed E-state index contributed by atoms with van der Waals surface area (Å²) in [5, 5.41) is 5.80. The second-order valence-electron chi connectivity index (χ2n) is 4.71. The molecule has 1 aliphatic carbocycles. The van der Waals surface area contributed by atoms with E-state index >= 15 is 0 Å². The Kier molecular flexibility index (Phi) is 4.29. The Labute approximate surface area is 113 Å². The van der Waals surface area contributed by atoms with Crippen molar-refractivity contribution < 1.29 is 4.79 Å². The predicted octanol–water partition coefficient (Wildman–Crippen LogP) is 2.91. The molecule has 0 radical (unpaired) electrons. The van der Waals surface area contributed by atoms with Gasteiger partial charge >= 0.3 is 0 Å². The fraction of sp³-hybridized carbons (Fsp3) is 0.250. The number of carbonyl (C=O) groups is 1. The van der Waals surface area contributed by atoms with E-state index in [0.29, 0.717) is 0 Å². The minimum absolute atomic E-state index is 0.147. The second kappa shape index (κ2) is 6.14. The molecule has 3 nitrogen and oxygen atoms in total. The van der Waals surface area contributed by atoms with Gasteiger partial charge in [0.15, 0.2) is 5.78 Å². The number of allylic oxidation sites excluding steroid dienone is 3. The van der Waals surface area contributed by atoms with Gasteiger partial charge in [0, 0.05) is 31.5 Å². The SMILES string of the molecule is CN(C)/N=C/C=C1\CC/C(=C\c2ccccc2)C1=O. The Balaban J connectivity index is 2.12. The van der Waals surface area contributed by atoms with Gasteiger partial charge in [-0.05, 0) is 30.6 Å². The van der Waals surface area contributed by atoms with Gasteiger partial charge in [-0.25, -0.2) is 0 Å². The molecule has 0 aliphatic heterocycles. The van der Waals surface area contributed by atoms with Gasteiger partial charge in [-0.1, -0.05) is 30.3 Å². The van der Waals surface area contributed by atoms with Crippen LogP contribution in [0.25, 0.3) is 6.08 Å². The first-order chi connectivity index (χ1) is 9.16. The Morgan fingerprint density at radius 3 is 2.47 bits per heavy atom. The van der Waals surface area contributed by atoms with E-state index in [1.54, 1.807) is 11.2 Å². The fourth-order valence-corrected chi connectivity index (χ4v) is 2.01. The third-order valence-electron chi connectivity index (χ3n) is 2.96. The van der Waals surface area contributed by atoms with E-state index in [2.05, 4.69) is 5.10 Å². The van der Waals surface area contributed by atoms with Crippen LogP contribution in [0.15, 0.2) is 52.7 Å². The Hall–Kier alpha value is -2.16. The lowest BCUT2D eigenvalue weighted by Gasteiger charge is -2.00. The summed E-state index contributed by atoms with van der Waals surface area (Å²) in [6.45, 7) is 0. The van der Waals surface area contributed by atoms with Crippen LogP contribution in [-0.4, -0.2) is 31.1 Å². The van der Waals surface area contributed by atoms with E-state index in [1.165, 1.54) is 0 Å². The summed E-state index contributed by atoms with van der Waals surface area (Å²) in [4.78, 5) is 12.2. The summed E-state index contributed by atoms with van der Waals surface area (Å²) in [6.07, 6.45) is 7.09. The van der Waals surface area contributed by atoms with Crippen LogP contribution in [0.2, 0.25) is 0 Å². The highest BCUT2D eigenvalue weighted by Gasteiger charge is 2.22. The third kappa shape index (κ3) is 3.65. The Bertz CT molecular complexity index is 539. The van der Waals surface area contributed by atoms with E-state index in [1.807, 2.05) is 56.6 Å². The minimum Gasteiger partial charge on any atom is -0.303 e. The number of Topliss-reactive ketones (excluding diaryl/α,β-unsaturated/α-hetero) is 1. The molecule has 3 heteroatoms. The highest BCUT2D eigenvalue weighted by Crippen LogP contribution is 2.27. The first kappa shape index (κ1) is 13.3. The zero-order chi connectivity index (χ0) is 13.7. The lowest BCUT2D eigenvalue weighted by molar-refractivity contribution is -0.111. The van der Waals surface area contributed by atoms with E-state index in [-0.39, 0.29) is 5.78 Å². The largest absolute Gasteiger partial charge is 0.303 e. The van der Waals surface area contributed by atoms with E-state index < -0.39 is 0 Å².